The maximum absolute atomic E-state index is 8.60. The molecular weight excluding hydrogens is 206 g/mol. The molecule has 2 heterocycles. The van der Waals surface area contributed by atoms with Gasteiger partial charge >= 0.3 is 0 Å². The summed E-state index contributed by atoms with van der Waals surface area (Å²) in [4.78, 5) is 8.52. The number of rotatable bonds is 2. The van der Waals surface area contributed by atoms with E-state index in [-0.39, 0.29) is 5.41 Å². The van der Waals surface area contributed by atoms with Gasteiger partial charge in [-0.05, 0) is 0 Å². The van der Waals surface area contributed by atoms with Crippen LogP contribution < -0.4 is 5.48 Å². The quantitative estimate of drug-likeness (QED) is 0.737. The molecule has 16 heavy (non-hydrogen) atoms. The van der Waals surface area contributed by atoms with Gasteiger partial charge < -0.3 is 5.21 Å². The molecule has 0 saturated heterocycles. The monoisotopic (exact) mass is 221 g/mol. The average Bonchev–Trinajstić information content (AvgIpc) is 2.60. The van der Waals surface area contributed by atoms with Gasteiger partial charge in [0, 0.05) is 29.9 Å². The average molecular weight is 221 g/mol. The molecule has 0 fully saturated rings. The van der Waals surface area contributed by atoms with Crippen molar-refractivity contribution in [2.24, 2.45) is 0 Å². The second-order valence-corrected chi connectivity index (χ2v) is 4.73. The Hall–Kier alpha value is -1.53. The van der Waals surface area contributed by atoms with E-state index in [2.05, 4.69) is 41.3 Å². The molecule has 0 unspecified atom stereocenters. The molecule has 2 aromatic heterocycles. The topological polar surface area (TPSA) is 75.3 Å². The molecule has 86 valence electrons. The van der Waals surface area contributed by atoms with Crippen LogP contribution in [-0.4, -0.2) is 24.8 Å². The molecule has 0 aromatic carbocycles. The van der Waals surface area contributed by atoms with Crippen LogP contribution in [0.2, 0.25) is 0 Å². The summed E-state index contributed by atoms with van der Waals surface area (Å²) < 4.78 is 1.63. The van der Waals surface area contributed by atoms with Crippen LogP contribution >= 0.6 is 0 Å². The zero-order valence-electron chi connectivity index (χ0n) is 9.60. The molecule has 2 N–H and O–H groups in total. The number of hydroxylamine groups is 1. The highest BCUT2D eigenvalue weighted by Crippen LogP contribution is 2.18. The molecule has 2 aromatic rings. The molecule has 0 aliphatic rings. The maximum atomic E-state index is 8.60. The number of hydrogen-bond donors (Lipinski definition) is 2. The summed E-state index contributed by atoms with van der Waals surface area (Å²) in [6.07, 6.45) is 3.47. The summed E-state index contributed by atoms with van der Waals surface area (Å²) in [5, 5.41) is 13.0. The van der Waals surface area contributed by atoms with Crippen molar-refractivity contribution in [1.82, 2.24) is 25.1 Å². The van der Waals surface area contributed by atoms with Crippen LogP contribution in [0.3, 0.4) is 0 Å². The van der Waals surface area contributed by atoms with Gasteiger partial charge in [0.15, 0.2) is 5.82 Å². The zero-order chi connectivity index (χ0) is 11.8. The van der Waals surface area contributed by atoms with Gasteiger partial charge in [-0.15, -0.1) is 5.10 Å². The van der Waals surface area contributed by atoms with Crippen LogP contribution in [0.25, 0.3) is 5.78 Å². The van der Waals surface area contributed by atoms with Crippen LogP contribution in [0.5, 0.6) is 0 Å². The normalized spacial score (nSPS) is 12.2. The van der Waals surface area contributed by atoms with Crippen molar-refractivity contribution >= 4 is 5.78 Å². The Labute approximate surface area is 93.3 Å². The molecular formula is C10H15N5O. The third kappa shape index (κ3) is 2.02. The molecule has 0 radical (unpaired) electrons. The van der Waals surface area contributed by atoms with Crippen LogP contribution in [0.4, 0.5) is 0 Å². The Kier molecular flexibility index (Phi) is 2.61. The summed E-state index contributed by atoms with van der Waals surface area (Å²) >= 11 is 0. The predicted molar refractivity (Wildman–Crippen MR) is 58.1 cm³/mol. The standard InChI is InChI=1S/C10H15N5O/c1-10(2,3)8-13-9-11-4-7(5-12-16)6-15(9)14-8/h4,6,12,16H,5H2,1-3H3. The largest absolute Gasteiger partial charge is 0.316 e. The first-order chi connectivity index (χ1) is 7.50. The lowest BCUT2D eigenvalue weighted by molar-refractivity contribution is 0.161. The third-order valence-corrected chi connectivity index (χ3v) is 2.20. The molecule has 6 nitrogen and oxygen atoms in total. The van der Waals surface area contributed by atoms with Crippen molar-refractivity contribution < 1.29 is 5.21 Å². The lowest BCUT2D eigenvalue weighted by Gasteiger charge is -2.11. The predicted octanol–water partition coefficient (Wildman–Crippen LogP) is 0.901. The van der Waals surface area contributed by atoms with Crippen molar-refractivity contribution in [1.29, 1.82) is 0 Å². The lowest BCUT2D eigenvalue weighted by Crippen LogP contribution is -2.13. The van der Waals surface area contributed by atoms with Gasteiger partial charge in [0.05, 0.1) is 0 Å². The highest BCUT2D eigenvalue weighted by molar-refractivity contribution is 5.29. The molecule has 0 spiro atoms. The van der Waals surface area contributed by atoms with Gasteiger partial charge in [-0.2, -0.15) is 4.98 Å². The molecule has 0 atom stereocenters. The Morgan fingerprint density at radius 2 is 2.19 bits per heavy atom. The number of nitrogens with one attached hydrogen (secondary N) is 1. The van der Waals surface area contributed by atoms with E-state index >= 15 is 0 Å². The number of aromatic nitrogens is 4. The van der Waals surface area contributed by atoms with Crippen molar-refractivity contribution in [2.75, 3.05) is 0 Å². The second kappa shape index (κ2) is 3.80. The Bertz CT molecular complexity index is 499. The van der Waals surface area contributed by atoms with Crippen LogP contribution in [0.15, 0.2) is 12.4 Å². The molecule has 6 heteroatoms. The van der Waals surface area contributed by atoms with Gasteiger partial charge in [0.1, 0.15) is 0 Å². The fraction of sp³-hybridized carbons (Fsp3) is 0.500. The van der Waals surface area contributed by atoms with Gasteiger partial charge in [-0.1, -0.05) is 20.8 Å². The zero-order valence-corrected chi connectivity index (χ0v) is 9.60. The maximum Gasteiger partial charge on any atom is 0.252 e. The van der Waals surface area contributed by atoms with Crippen molar-refractivity contribution in [3.8, 4) is 0 Å². The number of nitrogens with zero attached hydrogens (tertiary/aromatic N) is 4. The van der Waals surface area contributed by atoms with E-state index in [1.54, 1.807) is 16.9 Å². The lowest BCUT2D eigenvalue weighted by atomic mass is 9.96. The summed E-state index contributed by atoms with van der Waals surface area (Å²) in [7, 11) is 0. The van der Waals surface area contributed by atoms with Gasteiger partial charge in [0.25, 0.3) is 5.78 Å². The van der Waals surface area contributed by atoms with Crippen molar-refractivity contribution in [3.63, 3.8) is 0 Å². The minimum absolute atomic E-state index is 0.0942. The second-order valence-electron chi connectivity index (χ2n) is 4.73. The Morgan fingerprint density at radius 1 is 1.44 bits per heavy atom. The van der Waals surface area contributed by atoms with Gasteiger partial charge in [-0.3, -0.25) is 0 Å². The molecule has 0 bridgehead atoms. The van der Waals surface area contributed by atoms with Crippen molar-refractivity contribution in [3.05, 3.63) is 23.8 Å². The van der Waals surface area contributed by atoms with E-state index in [1.807, 2.05) is 0 Å². The summed E-state index contributed by atoms with van der Waals surface area (Å²) in [5.74, 6) is 1.33. The van der Waals surface area contributed by atoms with E-state index in [4.69, 9.17) is 5.21 Å². The van der Waals surface area contributed by atoms with Gasteiger partial charge in [-0.25, -0.2) is 15.0 Å². The molecule has 0 saturated carbocycles. The van der Waals surface area contributed by atoms with Crippen LogP contribution in [0.1, 0.15) is 32.2 Å². The van der Waals surface area contributed by atoms with E-state index in [9.17, 15) is 0 Å². The molecule has 0 aliphatic carbocycles. The number of hydrogen-bond acceptors (Lipinski definition) is 5. The minimum atomic E-state index is -0.0942. The molecule has 2 rings (SSSR count). The van der Waals surface area contributed by atoms with Crippen LogP contribution in [-0.2, 0) is 12.0 Å². The first kappa shape index (κ1) is 11.0. The van der Waals surface area contributed by atoms with E-state index < -0.39 is 0 Å². The highest BCUT2D eigenvalue weighted by Gasteiger charge is 2.19. The molecule has 0 amide bonds. The van der Waals surface area contributed by atoms with Crippen LogP contribution in [0, 0.1) is 0 Å². The van der Waals surface area contributed by atoms with Crippen molar-refractivity contribution in [2.45, 2.75) is 32.7 Å². The minimum Gasteiger partial charge on any atom is -0.316 e. The first-order valence-corrected chi connectivity index (χ1v) is 5.09. The summed E-state index contributed by atoms with van der Waals surface area (Å²) in [6.45, 7) is 6.50. The van der Waals surface area contributed by atoms with E-state index in [0.717, 1.165) is 11.4 Å². The van der Waals surface area contributed by atoms with E-state index in [1.165, 1.54) is 0 Å². The SMILES string of the molecule is CC(C)(C)c1nc2ncc(CNO)cn2n1. The Balaban J connectivity index is 2.46. The Morgan fingerprint density at radius 3 is 2.81 bits per heavy atom. The smallest absolute Gasteiger partial charge is 0.252 e. The van der Waals surface area contributed by atoms with E-state index in [0.29, 0.717) is 12.3 Å². The third-order valence-electron chi connectivity index (χ3n) is 2.20. The highest BCUT2D eigenvalue weighted by atomic mass is 16.5. The molecule has 0 aliphatic heterocycles. The summed E-state index contributed by atoms with van der Waals surface area (Å²) in [6, 6.07) is 0. The summed E-state index contributed by atoms with van der Waals surface area (Å²) in [5.41, 5.74) is 2.84. The fourth-order valence-electron chi connectivity index (χ4n) is 1.32. The first-order valence-electron chi connectivity index (χ1n) is 5.09. The number of fused-ring (bicyclic) bond motifs is 1. The van der Waals surface area contributed by atoms with Gasteiger partial charge in [0.2, 0.25) is 0 Å². The fourth-order valence-corrected chi connectivity index (χ4v) is 1.32.